The predicted molar refractivity (Wildman–Crippen MR) is 91.6 cm³/mol. The maximum Gasteiger partial charge on any atom is 0.234 e. The number of aryl methyl sites for hydroxylation is 1. The zero-order valence-corrected chi connectivity index (χ0v) is 14.1. The highest BCUT2D eigenvalue weighted by Crippen LogP contribution is 2.27. The van der Waals surface area contributed by atoms with Crippen LogP contribution in [0.4, 0.5) is 5.69 Å². The van der Waals surface area contributed by atoms with Gasteiger partial charge >= 0.3 is 0 Å². The summed E-state index contributed by atoms with van der Waals surface area (Å²) in [5.41, 5.74) is 1.76. The van der Waals surface area contributed by atoms with Gasteiger partial charge in [0.15, 0.2) is 5.82 Å². The molecule has 3 aromatic rings. The summed E-state index contributed by atoms with van der Waals surface area (Å²) < 4.78 is 1.81. The standard InChI is InChI=1S/C16H19N5OS/c1-3-6-13-18-19-16-21(13)20-15(23-16)11-8-5-9-12(10-11)17-14(22)7-4-2/h5,8-10H,3-4,6-7H2,1-2H3,(H,17,22). The van der Waals surface area contributed by atoms with Crippen molar-refractivity contribution in [2.75, 3.05) is 5.32 Å². The Bertz CT molecular complexity index is 823. The van der Waals surface area contributed by atoms with E-state index in [1.54, 1.807) is 0 Å². The number of fused-ring (bicyclic) bond motifs is 1. The van der Waals surface area contributed by atoms with Crippen LogP contribution in [0, 0.1) is 0 Å². The number of nitrogens with one attached hydrogen (secondary N) is 1. The first-order chi connectivity index (χ1) is 11.2. The summed E-state index contributed by atoms with van der Waals surface area (Å²) >= 11 is 1.50. The van der Waals surface area contributed by atoms with E-state index in [9.17, 15) is 4.79 Å². The Balaban J connectivity index is 1.88. The first kappa shape index (κ1) is 15.6. The van der Waals surface area contributed by atoms with Crippen LogP contribution < -0.4 is 5.32 Å². The minimum atomic E-state index is 0.0352. The van der Waals surface area contributed by atoms with Crippen LogP contribution in [0.15, 0.2) is 24.3 Å². The number of aromatic nitrogens is 4. The van der Waals surface area contributed by atoms with Gasteiger partial charge in [-0.2, -0.15) is 9.61 Å². The zero-order chi connectivity index (χ0) is 16.2. The largest absolute Gasteiger partial charge is 0.326 e. The fourth-order valence-electron chi connectivity index (χ4n) is 2.33. The van der Waals surface area contributed by atoms with Crippen LogP contribution in [0.3, 0.4) is 0 Å². The number of carbonyl (C=O) groups excluding carboxylic acids is 1. The SMILES string of the molecule is CCCC(=O)Nc1cccc(-c2nn3c(CCC)nnc3s2)c1. The van der Waals surface area contributed by atoms with E-state index in [0.717, 1.165) is 46.3 Å². The normalized spacial score (nSPS) is 11.0. The Hall–Kier alpha value is -2.28. The minimum Gasteiger partial charge on any atom is -0.326 e. The quantitative estimate of drug-likeness (QED) is 0.751. The van der Waals surface area contributed by atoms with Crippen molar-refractivity contribution in [3.63, 3.8) is 0 Å². The van der Waals surface area contributed by atoms with Crippen LogP contribution in [0.25, 0.3) is 15.5 Å². The molecule has 0 radical (unpaired) electrons. The van der Waals surface area contributed by atoms with Crippen molar-refractivity contribution >= 4 is 27.9 Å². The van der Waals surface area contributed by atoms with Crippen molar-refractivity contribution in [1.29, 1.82) is 0 Å². The lowest BCUT2D eigenvalue weighted by molar-refractivity contribution is -0.116. The van der Waals surface area contributed by atoms with E-state index in [2.05, 4.69) is 27.5 Å². The van der Waals surface area contributed by atoms with Gasteiger partial charge in [0.2, 0.25) is 10.9 Å². The molecular weight excluding hydrogens is 310 g/mol. The summed E-state index contributed by atoms with van der Waals surface area (Å²) in [6.45, 7) is 4.10. The van der Waals surface area contributed by atoms with E-state index < -0.39 is 0 Å². The maximum atomic E-state index is 11.7. The summed E-state index contributed by atoms with van der Waals surface area (Å²) in [6.07, 6.45) is 3.23. The first-order valence-corrected chi connectivity index (χ1v) is 8.64. The van der Waals surface area contributed by atoms with Crippen LogP contribution in [-0.4, -0.2) is 25.7 Å². The Morgan fingerprint density at radius 3 is 2.91 bits per heavy atom. The molecule has 3 rings (SSSR count). The zero-order valence-electron chi connectivity index (χ0n) is 13.2. The molecule has 0 aliphatic carbocycles. The molecule has 2 heterocycles. The molecule has 1 amide bonds. The molecule has 23 heavy (non-hydrogen) atoms. The van der Waals surface area contributed by atoms with Gasteiger partial charge in [-0.1, -0.05) is 37.3 Å². The molecule has 6 nitrogen and oxygen atoms in total. The van der Waals surface area contributed by atoms with Gasteiger partial charge in [0.1, 0.15) is 5.01 Å². The van der Waals surface area contributed by atoms with Crippen LogP contribution in [0.5, 0.6) is 0 Å². The highest BCUT2D eigenvalue weighted by atomic mass is 32.1. The van der Waals surface area contributed by atoms with Gasteiger partial charge in [-0.05, 0) is 25.0 Å². The maximum absolute atomic E-state index is 11.7. The fraction of sp³-hybridized carbons (Fsp3) is 0.375. The molecule has 0 spiro atoms. The van der Waals surface area contributed by atoms with E-state index >= 15 is 0 Å². The number of benzene rings is 1. The number of amides is 1. The van der Waals surface area contributed by atoms with Crippen molar-refractivity contribution < 1.29 is 4.79 Å². The molecule has 2 aromatic heterocycles. The van der Waals surface area contributed by atoms with E-state index in [0.29, 0.717) is 6.42 Å². The lowest BCUT2D eigenvalue weighted by Gasteiger charge is -2.05. The lowest BCUT2D eigenvalue weighted by Crippen LogP contribution is -2.10. The molecule has 0 aliphatic rings. The molecule has 0 saturated carbocycles. The van der Waals surface area contributed by atoms with Gasteiger partial charge < -0.3 is 5.32 Å². The molecule has 0 bridgehead atoms. The summed E-state index contributed by atoms with van der Waals surface area (Å²) in [7, 11) is 0. The smallest absolute Gasteiger partial charge is 0.234 e. The minimum absolute atomic E-state index is 0.0352. The van der Waals surface area contributed by atoms with E-state index in [1.807, 2.05) is 35.7 Å². The Morgan fingerprint density at radius 1 is 1.26 bits per heavy atom. The van der Waals surface area contributed by atoms with Crippen molar-refractivity contribution in [2.24, 2.45) is 0 Å². The van der Waals surface area contributed by atoms with Crippen LogP contribution >= 0.6 is 11.3 Å². The Kier molecular flexibility index (Phi) is 4.66. The average molecular weight is 329 g/mol. The van der Waals surface area contributed by atoms with Gasteiger partial charge in [0.25, 0.3) is 0 Å². The third-order valence-corrected chi connectivity index (χ3v) is 4.35. The number of hydrogen-bond donors (Lipinski definition) is 1. The molecule has 1 N–H and O–H groups in total. The third-order valence-electron chi connectivity index (χ3n) is 3.40. The number of hydrogen-bond acceptors (Lipinski definition) is 5. The Labute approximate surface area is 138 Å². The highest BCUT2D eigenvalue weighted by Gasteiger charge is 2.13. The number of nitrogens with zero attached hydrogens (tertiary/aromatic N) is 4. The molecule has 0 unspecified atom stereocenters. The van der Waals surface area contributed by atoms with E-state index in [-0.39, 0.29) is 5.91 Å². The molecule has 120 valence electrons. The topological polar surface area (TPSA) is 72.2 Å². The van der Waals surface area contributed by atoms with Crippen molar-refractivity contribution in [3.05, 3.63) is 30.1 Å². The lowest BCUT2D eigenvalue weighted by atomic mass is 10.2. The van der Waals surface area contributed by atoms with Crippen molar-refractivity contribution in [2.45, 2.75) is 39.5 Å². The van der Waals surface area contributed by atoms with Gasteiger partial charge in [0.05, 0.1) is 0 Å². The molecule has 0 aliphatic heterocycles. The van der Waals surface area contributed by atoms with E-state index in [1.165, 1.54) is 11.3 Å². The second-order valence-electron chi connectivity index (χ2n) is 5.35. The average Bonchev–Trinajstić information content (AvgIpc) is 3.10. The number of carbonyl (C=O) groups is 1. The first-order valence-electron chi connectivity index (χ1n) is 7.82. The third kappa shape index (κ3) is 3.39. The predicted octanol–water partition coefficient (Wildman–Crippen LogP) is 3.54. The van der Waals surface area contributed by atoms with Crippen LogP contribution in [0.2, 0.25) is 0 Å². The fourth-order valence-corrected chi connectivity index (χ4v) is 3.19. The number of anilines is 1. The molecular formula is C16H19N5OS. The summed E-state index contributed by atoms with van der Waals surface area (Å²) in [5.74, 6) is 0.922. The van der Waals surface area contributed by atoms with Gasteiger partial charge in [-0.25, -0.2) is 0 Å². The second-order valence-corrected chi connectivity index (χ2v) is 6.30. The highest BCUT2D eigenvalue weighted by molar-refractivity contribution is 7.19. The van der Waals surface area contributed by atoms with Crippen molar-refractivity contribution in [1.82, 2.24) is 19.8 Å². The second kappa shape index (κ2) is 6.87. The van der Waals surface area contributed by atoms with Gasteiger partial charge in [0, 0.05) is 24.1 Å². The molecule has 0 saturated heterocycles. The van der Waals surface area contributed by atoms with Crippen LogP contribution in [0.1, 0.15) is 38.9 Å². The van der Waals surface area contributed by atoms with E-state index in [4.69, 9.17) is 0 Å². The molecule has 1 aromatic carbocycles. The molecule has 0 fully saturated rings. The molecule has 7 heteroatoms. The number of rotatable bonds is 6. The van der Waals surface area contributed by atoms with Gasteiger partial charge in [-0.3, -0.25) is 4.79 Å². The van der Waals surface area contributed by atoms with Crippen molar-refractivity contribution in [3.8, 4) is 10.6 Å². The monoisotopic (exact) mass is 329 g/mol. The summed E-state index contributed by atoms with van der Waals surface area (Å²) in [6, 6.07) is 7.74. The molecule has 0 atom stereocenters. The Morgan fingerprint density at radius 2 is 2.13 bits per heavy atom. The van der Waals surface area contributed by atoms with Gasteiger partial charge in [-0.15, -0.1) is 10.2 Å². The van der Waals surface area contributed by atoms with Crippen LogP contribution in [-0.2, 0) is 11.2 Å². The summed E-state index contributed by atoms with van der Waals surface area (Å²) in [4.78, 5) is 12.5. The summed E-state index contributed by atoms with van der Waals surface area (Å²) in [5, 5.41) is 16.7.